The number of benzene rings is 2. The molecule has 0 unspecified atom stereocenters. The molecule has 0 atom stereocenters. The molecule has 1 saturated carbocycles. The fourth-order valence-electron chi connectivity index (χ4n) is 3.09. The van der Waals surface area contributed by atoms with E-state index in [1.54, 1.807) is 21.3 Å². The Kier molecular flexibility index (Phi) is 5.53. The minimum absolute atomic E-state index is 0.277. The van der Waals surface area contributed by atoms with Crippen molar-refractivity contribution in [2.45, 2.75) is 31.8 Å². The first-order valence-corrected chi connectivity index (χ1v) is 8.57. The highest BCUT2D eigenvalue weighted by Gasteiger charge is 2.19. The highest BCUT2D eigenvalue weighted by Crippen LogP contribution is 2.37. The van der Waals surface area contributed by atoms with Crippen LogP contribution in [0.1, 0.15) is 25.7 Å². The van der Waals surface area contributed by atoms with Gasteiger partial charge in [-0.05, 0) is 49.9 Å². The molecule has 2 aromatic rings. The largest absolute Gasteiger partial charge is 0.497 e. The summed E-state index contributed by atoms with van der Waals surface area (Å²) in [6.45, 7) is 0. The Morgan fingerprint density at radius 2 is 1.56 bits per heavy atom. The summed E-state index contributed by atoms with van der Waals surface area (Å²) in [5.41, 5.74) is 1.78. The van der Waals surface area contributed by atoms with Crippen LogP contribution in [-0.4, -0.2) is 27.4 Å². The Morgan fingerprint density at radius 1 is 0.800 bits per heavy atom. The van der Waals surface area contributed by atoms with Crippen LogP contribution in [0.3, 0.4) is 0 Å². The fraction of sp³-hybridized carbons (Fsp3) is 0.400. The van der Waals surface area contributed by atoms with Gasteiger partial charge in [-0.1, -0.05) is 0 Å². The molecule has 1 fully saturated rings. The summed E-state index contributed by atoms with van der Waals surface area (Å²) in [4.78, 5) is 0. The molecular formula is C20H25NO4. The van der Waals surface area contributed by atoms with Gasteiger partial charge in [0.25, 0.3) is 0 Å². The van der Waals surface area contributed by atoms with E-state index in [1.807, 2.05) is 36.4 Å². The topological polar surface area (TPSA) is 49.0 Å². The Hall–Kier alpha value is -2.56. The molecule has 2 aromatic carbocycles. The third-order valence-corrected chi connectivity index (χ3v) is 4.45. The van der Waals surface area contributed by atoms with Gasteiger partial charge in [0.15, 0.2) is 11.5 Å². The van der Waals surface area contributed by atoms with E-state index in [0.717, 1.165) is 41.5 Å². The highest BCUT2D eigenvalue weighted by molar-refractivity contribution is 5.69. The standard InChI is InChI=1S/C20H25NO4/c1-22-16-9-10-17(19(13-16)24-3)21-14-8-11-18(23-2)20(12-14)25-15-6-4-5-7-15/h8-13,15,21H,4-7H2,1-3H3. The van der Waals surface area contributed by atoms with Crippen LogP contribution < -0.4 is 24.3 Å². The van der Waals surface area contributed by atoms with Crippen molar-refractivity contribution in [2.24, 2.45) is 0 Å². The zero-order valence-corrected chi connectivity index (χ0v) is 15.0. The zero-order valence-electron chi connectivity index (χ0n) is 15.0. The molecule has 1 aliphatic rings. The van der Waals surface area contributed by atoms with Crippen LogP contribution in [-0.2, 0) is 0 Å². The summed E-state index contributed by atoms with van der Waals surface area (Å²) in [6, 6.07) is 11.5. The first-order chi connectivity index (χ1) is 12.2. The molecule has 25 heavy (non-hydrogen) atoms. The van der Waals surface area contributed by atoms with Crippen molar-refractivity contribution in [3.8, 4) is 23.0 Å². The van der Waals surface area contributed by atoms with Crippen molar-refractivity contribution in [1.29, 1.82) is 0 Å². The summed E-state index contributed by atoms with van der Waals surface area (Å²) in [5.74, 6) is 2.99. The molecule has 0 heterocycles. The van der Waals surface area contributed by atoms with Crippen LogP contribution in [0.2, 0.25) is 0 Å². The van der Waals surface area contributed by atoms with Crippen LogP contribution in [0.5, 0.6) is 23.0 Å². The second-order valence-electron chi connectivity index (χ2n) is 6.08. The predicted octanol–water partition coefficient (Wildman–Crippen LogP) is 4.78. The molecule has 1 N–H and O–H groups in total. The smallest absolute Gasteiger partial charge is 0.163 e. The second-order valence-corrected chi connectivity index (χ2v) is 6.08. The van der Waals surface area contributed by atoms with Gasteiger partial charge in [0.05, 0.1) is 33.1 Å². The van der Waals surface area contributed by atoms with Crippen LogP contribution in [0.25, 0.3) is 0 Å². The lowest BCUT2D eigenvalue weighted by atomic mass is 10.2. The van der Waals surface area contributed by atoms with Crippen molar-refractivity contribution >= 4 is 11.4 Å². The summed E-state index contributed by atoms with van der Waals surface area (Å²) in [5, 5.41) is 3.38. The van der Waals surface area contributed by atoms with Gasteiger partial charge >= 0.3 is 0 Å². The maximum atomic E-state index is 6.15. The minimum Gasteiger partial charge on any atom is -0.497 e. The van der Waals surface area contributed by atoms with Gasteiger partial charge in [-0.15, -0.1) is 0 Å². The molecule has 0 spiro atoms. The molecule has 0 aromatic heterocycles. The monoisotopic (exact) mass is 343 g/mol. The van der Waals surface area contributed by atoms with Crippen molar-refractivity contribution in [2.75, 3.05) is 26.6 Å². The third kappa shape index (κ3) is 4.10. The van der Waals surface area contributed by atoms with E-state index < -0.39 is 0 Å². The maximum Gasteiger partial charge on any atom is 0.163 e. The first-order valence-electron chi connectivity index (χ1n) is 8.57. The van der Waals surface area contributed by atoms with Crippen LogP contribution in [0.4, 0.5) is 11.4 Å². The van der Waals surface area contributed by atoms with E-state index in [4.69, 9.17) is 18.9 Å². The number of nitrogens with one attached hydrogen (secondary N) is 1. The molecule has 134 valence electrons. The Balaban J connectivity index is 1.82. The SMILES string of the molecule is COc1ccc(Nc2ccc(OC)c(OC3CCCC3)c2)c(OC)c1. The van der Waals surface area contributed by atoms with Gasteiger partial charge in [0, 0.05) is 17.8 Å². The van der Waals surface area contributed by atoms with Gasteiger partial charge in [-0.2, -0.15) is 0 Å². The normalized spacial score (nSPS) is 14.2. The van der Waals surface area contributed by atoms with Crippen molar-refractivity contribution in [3.63, 3.8) is 0 Å². The minimum atomic E-state index is 0.277. The van der Waals surface area contributed by atoms with E-state index in [1.165, 1.54) is 12.8 Å². The molecule has 0 saturated heterocycles. The van der Waals surface area contributed by atoms with Gasteiger partial charge in [-0.25, -0.2) is 0 Å². The van der Waals surface area contributed by atoms with Crippen LogP contribution in [0.15, 0.2) is 36.4 Å². The first kappa shape index (κ1) is 17.3. The van der Waals surface area contributed by atoms with E-state index in [9.17, 15) is 0 Å². The predicted molar refractivity (Wildman–Crippen MR) is 98.7 cm³/mol. The third-order valence-electron chi connectivity index (χ3n) is 4.45. The molecule has 0 aliphatic heterocycles. The number of methoxy groups -OCH3 is 3. The summed E-state index contributed by atoms with van der Waals surface area (Å²) >= 11 is 0. The average Bonchev–Trinajstić information content (AvgIpc) is 3.15. The number of ether oxygens (including phenoxy) is 4. The highest BCUT2D eigenvalue weighted by atomic mass is 16.5. The lowest BCUT2D eigenvalue weighted by Crippen LogP contribution is -2.11. The van der Waals surface area contributed by atoms with E-state index in [2.05, 4.69) is 5.32 Å². The van der Waals surface area contributed by atoms with E-state index in [-0.39, 0.29) is 6.10 Å². The van der Waals surface area contributed by atoms with Gasteiger partial charge in [-0.3, -0.25) is 0 Å². The average molecular weight is 343 g/mol. The number of anilines is 2. The molecule has 0 amide bonds. The Morgan fingerprint density at radius 3 is 2.24 bits per heavy atom. The van der Waals surface area contributed by atoms with E-state index in [0.29, 0.717) is 5.75 Å². The van der Waals surface area contributed by atoms with Gasteiger partial charge < -0.3 is 24.3 Å². The molecular weight excluding hydrogens is 318 g/mol. The number of hydrogen-bond donors (Lipinski definition) is 1. The quantitative estimate of drug-likeness (QED) is 0.784. The Bertz CT molecular complexity index is 711. The zero-order chi connectivity index (χ0) is 17.6. The summed E-state index contributed by atoms with van der Waals surface area (Å²) < 4.78 is 22.3. The molecule has 5 nitrogen and oxygen atoms in total. The lowest BCUT2D eigenvalue weighted by Gasteiger charge is -2.18. The Labute approximate surface area is 148 Å². The van der Waals surface area contributed by atoms with Gasteiger partial charge in [0.2, 0.25) is 0 Å². The summed E-state index contributed by atoms with van der Waals surface area (Å²) in [7, 11) is 4.94. The van der Waals surface area contributed by atoms with Crippen LogP contribution >= 0.6 is 0 Å². The van der Waals surface area contributed by atoms with Crippen molar-refractivity contribution in [3.05, 3.63) is 36.4 Å². The molecule has 1 aliphatic carbocycles. The maximum absolute atomic E-state index is 6.15. The van der Waals surface area contributed by atoms with Crippen molar-refractivity contribution in [1.82, 2.24) is 0 Å². The van der Waals surface area contributed by atoms with E-state index >= 15 is 0 Å². The molecule has 0 bridgehead atoms. The second kappa shape index (κ2) is 8.01. The van der Waals surface area contributed by atoms with Crippen molar-refractivity contribution < 1.29 is 18.9 Å². The lowest BCUT2D eigenvalue weighted by molar-refractivity contribution is 0.201. The fourth-order valence-corrected chi connectivity index (χ4v) is 3.09. The van der Waals surface area contributed by atoms with Crippen LogP contribution in [0, 0.1) is 0 Å². The van der Waals surface area contributed by atoms with Gasteiger partial charge in [0.1, 0.15) is 11.5 Å². The molecule has 0 radical (unpaired) electrons. The summed E-state index contributed by atoms with van der Waals surface area (Å²) in [6.07, 6.45) is 4.95. The number of rotatable bonds is 7. The molecule has 3 rings (SSSR count). The number of hydrogen-bond acceptors (Lipinski definition) is 5. The molecule has 5 heteroatoms.